The molecule has 1 aromatic heterocycles. The molecule has 0 aliphatic rings. The highest BCUT2D eigenvalue weighted by Crippen LogP contribution is 2.12. The maximum Gasteiger partial charge on any atom is 0.306 e. The van der Waals surface area contributed by atoms with E-state index in [1.54, 1.807) is 6.92 Å². The van der Waals surface area contributed by atoms with Crippen LogP contribution in [0.3, 0.4) is 0 Å². The van der Waals surface area contributed by atoms with E-state index in [9.17, 15) is 9.59 Å². The Morgan fingerprint density at radius 2 is 1.94 bits per heavy atom. The third-order valence-corrected chi connectivity index (χ3v) is 2.21. The van der Waals surface area contributed by atoms with Gasteiger partial charge in [0.25, 0.3) is 0 Å². The summed E-state index contributed by atoms with van der Waals surface area (Å²) >= 11 is 0. The van der Waals surface area contributed by atoms with Crippen molar-refractivity contribution in [3.63, 3.8) is 0 Å². The summed E-state index contributed by atoms with van der Waals surface area (Å²) in [4.78, 5) is 30.7. The van der Waals surface area contributed by atoms with Crippen LogP contribution >= 0.6 is 0 Å². The maximum atomic E-state index is 11.7. The van der Waals surface area contributed by atoms with Gasteiger partial charge in [-0.2, -0.15) is 0 Å². The lowest BCUT2D eigenvalue weighted by atomic mass is 10.1. The number of carbonyl (C=O) groups is 2. The van der Waals surface area contributed by atoms with E-state index in [2.05, 4.69) is 9.97 Å². The molecule has 0 unspecified atom stereocenters. The fourth-order valence-electron chi connectivity index (χ4n) is 1.40. The molecule has 0 saturated carbocycles. The lowest BCUT2D eigenvalue weighted by Gasteiger charge is -2.05. The predicted octanol–water partition coefficient (Wildman–Crippen LogP) is 0.940. The standard InChI is InChI=1S/C12H16N2O4/c1-3-18-11(16)5-4-9(15)8-10-12(17-2)14-7-6-13-10/h6-7H,3-5,8H2,1-2H3. The fourth-order valence-corrected chi connectivity index (χ4v) is 1.40. The first kappa shape index (κ1) is 14.1. The van der Waals surface area contributed by atoms with E-state index >= 15 is 0 Å². The highest BCUT2D eigenvalue weighted by Gasteiger charge is 2.12. The lowest BCUT2D eigenvalue weighted by Crippen LogP contribution is -2.11. The molecule has 0 bridgehead atoms. The van der Waals surface area contributed by atoms with Gasteiger partial charge in [-0.1, -0.05) is 0 Å². The number of esters is 1. The summed E-state index contributed by atoms with van der Waals surface area (Å²) in [6, 6.07) is 0. The summed E-state index contributed by atoms with van der Waals surface area (Å²) < 4.78 is 9.74. The van der Waals surface area contributed by atoms with Crippen molar-refractivity contribution in [2.45, 2.75) is 26.2 Å². The number of nitrogens with zero attached hydrogens (tertiary/aromatic N) is 2. The van der Waals surface area contributed by atoms with Crippen molar-refractivity contribution in [1.29, 1.82) is 0 Å². The first-order valence-corrected chi connectivity index (χ1v) is 5.68. The molecule has 98 valence electrons. The number of aromatic nitrogens is 2. The van der Waals surface area contributed by atoms with Crippen LogP contribution in [0.1, 0.15) is 25.5 Å². The minimum absolute atomic E-state index is 0.0925. The molecule has 0 saturated heterocycles. The number of hydrogen-bond acceptors (Lipinski definition) is 6. The van der Waals surface area contributed by atoms with Gasteiger partial charge in [0.1, 0.15) is 11.5 Å². The average Bonchev–Trinajstić information content (AvgIpc) is 2.37. The second kappa shape index (κ2) is 7.37. The zero-order chi connectivity index (χ0) is 13.4. The Morgan fingerprint density at radius 3 is 2.61 bits per heavy atom. The molecule has 1 aromatic rings. The van der Waals surface area contributed by atoms with Gasteiger partial charge in [-0.3, -0.25) is 14.6 Å². The summed E-state index contributed by atoms with van der Waals surface area (Å²) in [5.74, 6) is -0.124. The van der Waals surface area contributed by atoms with E-state index in [1.165, 1.54) is 19.5 Å². The number of methoxy groups -OCH3 is 1. The Labute approximate surface area is 105 Å². The molecule has 0 fully saturated rings. The van der Waals surface area contributed by atoms with E-state index in [1.807, 2.05) is 0 Å². The molecule has 0 aliphatic carbocycles. The minimum Gasteiger partial charge on any atom is -0.480 e. The highest BCUT2D eigenvalue weighted by atomic mass is 16.5. The van der Waals surface area contributed by atoms with Crippen molar-refractivity contribution in [1.82, 2.24) is 9.97 Å². The molecule has 0 aliphatic heterocycles. The molecule has 18 heavy (non-hydrogen) atoms. The smallest absolute Gasteiger partial charge is 0.306 e. The summed E-state index contributed by atoms with van der Waals surface area (Å²) in [5.41, 5.74) is 0.480. The minimum atomic E-state index is -0.364. The zero-order valence-electron chi connectivity index (χ0n) is 10.5. The molecular formula is C12H16N2O4. The van der Waals surface area contributed by atoms with Crippen LogP contribution in [0.5, 0.6) is 5.88 Å². The van der Waals surface area contributed by atoms with Gasteiger partial charge in [-0.25, -0.2) is 4.98 Å². The molecule has 0 atom stereocenters. The highest BCUT2D eigenvalue weighted by molar-refractivity contribution is 5.84. The SMILES string of the molecule is CCOC(=O)CCC(=O)Cc1nccnc1OC. The van der Waals surface area contributed by atoms with Gasteiger partial charge in [-0.05, 0) is 6.92 Å². The number of ketones is 1. The molecule has 0 N–H and O–H groups in total. The van der Waals surface area contributed by atoms with Crippen LogP contribution in [0.2, 0.25) is 0 Å². The number of carbonyl (C=O) groups excluding carboxylic acids is 2. The van der Waals surface area contributed by atoms with Crippen molar-refractivity contribution in [2.75, 3.05) is 13.7 Å². The molecule has 1 heterocycles. The van der Waals surface area contributed by atoms with Gasteiger partial charge in [0.2, 0.25) is 5.88 Å². The second-order valence-electron chi connectivity index (χ2n) is 3.53. The van der Waals surface area contributed by atoms with Gasteiger partial charge >= 0.3 is 5.97 Å². The van der Waals surface area contributed by atoms with E-state index in [4.69, 9.17) is 9.47 Å². The van der Waals surface area contributed by atoms with Crippen LogP contribution in [0, 0.1) is 0 Å². The summed E-state index contributed by atoms with van der Waals surface area (Å²) in [5, 5.41) is 0. The van der Waals surface area contributed by atoms with Crippen LogP contribution in [-0.2, 0) is 20.7 Å². The van der Waals surface area contributed by atoms with E-state index in [0.717, 1.165) is 0 Å². The Bertz CT molecular complexity index is 420. The lowest BCUT2D eigenvalue weighted by molar-refractivity contribution is -0.144. The van der Waals surface area contributed by atoms with E-state index < -0.39 is 0 Å². The molecule has 0 amide bonds. The van der Waals surface area contributed by atoms with Crippen molar-refractivity contribution in [3.8, 4) is 5.88 Å². The Kier molecular flexibility index (Phi) is 5.76. The Hall–Kier alpha value is -1.98. The Balaban J connectivity index is 2.47. The molecule has 6 nitrogen and oxygen atoms in total. The number of Topliss-reactive ketones (excluding diaryl/α,β-unsaturated/α-hetero) is 1. The number of rotatable bonds is 7. The second-order valence-corrected chi connectivity index (χ2v) is 3.53. The first-order valence-electron chi connectivity index (χ1n) is 5.68. The molecule has 0 spiro atoms. The van der Waals surface area contributed by atoms with Crippen molar-refractivity contribution < 1.29 is 19.1 Å². The van der Waals surface area contributed by atoms with Gasteiger partial charge in [0.15, 0.2) is 0 Å². The first-order chi connectivity index (χ1) is 8.67. The van der Waals surface area contributed by atoms with Crippen molar-refractivity contribution >= 4 is 11.8 Å². The third kappa shape index (κ3) is 4.48. The zero-order valence-corrected chi connectivity index (χ0v) is 10.5. The summed E-state index contributed by atoms with van der Waals surface area (Å²) in [7, 11) is 1.47. The monoisotopic (exact) mass is 252 g/mol. The van der Waals surface area contributed by atoms with Crippen molar-refractivity contribution in [2.24, 2.45) is 0 Å². The van der Waals surface area contributed by atoms with Crippen LogP contribution in [-0.4, -0.2) is 35.4 Å². The molecule has 1 rings (SSSR count). The topological polar surface area (TPSA) is 78.4 Å². The normalized spacial score (nSPS) is 9.89. The molecular weight excluding hydrogens is 236 g/mol. The van der Waals surface area contributed by atoms with Gasteiger partial charge in [0, 0.05) is 18.8 Å². The summed E-state index contributed by atoms with van der Waals surface area (Å²) in [6.45, 7) is 2.05. The Morgan fingerprint density at radius 1 is 1.22 bits per heavy atom. The average molecular weight is 252 g/mol. The van der Waals surface area contributed by atoms with Crippen LogP contribution in [0.4, 0.5) is 0 Å². The summed E-state index contributed by atoms with van der Waals surface area (Å²) in [6.07, 6.45) is 3.33. The number of hydrogen-bond donors (Lipinski definition) is 0. The van der Waals surface area contributed by atoms with Gasteiger partial charge in [-0.15, -0.1) is 0 Å². The quantitative estimate of drug-likeness (QED) is 0.672. The predicted molar refractivity (Wildman–Crippen MR) is 63.2 cm³/mol. The maximum absolute atomic E-state index is 11.7. The molecule has 6 heteroatoms. The van der Waals surface area contributed by atoms with E-state index in [0.29, 0.717) is 18.2 Å². The van der Waals surface area contributed by atoms with Crippen molar-refractivity contribution in [3.05, 3.63) is 18.1 Å². The molecule has 0 aromatic carbocycles. The van der Waals surface area contributed by atoms with E-state index in [-0.39, 0.29) is 31.0 Å². The molecule has 0 radical (unpaired) electrons. The van der Waals surface area contributed by atoms with Gasteiger partial charge in [0.05, 0.1) is 26.6 Å². The van der Waals surface area contributed by atoms with Gasteiger partial charge < -0.3 is 9.47 Å². The van der Waals surface area contributed by atoms with Crippen LogP contribution < -0.4 is 4.74 Å². The third-order valence-electron chi connectivity index (χ3n) is 2.21. The van der Waals surface area contributed by atoms with Crippen LogP contribution in [0.15, 0.2) is 12.4 Å². The number of ether oxygens (including phenoxy) is 2. The van der Waals surface area contributed by atoms with Crippen LogP contribution in [0.25, 0.3) is 0 Å². The fraction of sp³-hybridized carbons (Fsp3) is 0.500. The largest absolute Gasteiger partial charge is 0.480 e.